The lowest BCUT2D eigenvalue weighted by molar-refractivity contribution is -0.531. The number of hydrogen-bond donors (Lipinski definition) is 3. The number of hydrazine groups is 1. The molecule has 1 saturated heterocycles. The molecule has 1 fully saturated rings. The fourth-order valence-electron chi connectivity index (χ4n) is 3.37. The molecule has 2 aromatic rings. The van der Waals surface area contributed by atoms with Gasteiger partial charge in [0, 0.05) is 18.4 Å². The quantitative estimate of drug-likeness (QED) is 0.161. The molecular formula is C23H28N5O6S+. The normalized spacial score (nSPS) is 15.7. The summed E-state index contributed by atoms with van der Waals surface area (Å²) in [4.78, 5) is 39.5. The zero-order valence-corrected chi connectivity index (χ0v) is 20.2. The van der Waals surface area contributed by atoms with E-state index in [2.05, 4.69) is 20.6 Å². The number of esters is 1. The van der Waals surface area contributed by atoms with Gasteiger partial charge < -0.3 is 4.74 Å². The lowest BCUT2D eigenvalue weighted by atomic mass is 10.1. The van der Waals surface area contributed by atoms with Crippen LogP contribution in [0.2, 0.25) is 0 Å². The molecule has 1 aromatic carbocycles. The summed E-state index contributed by atoms with van der Waals surface area (Å²) in [5, 5.41) is -0.608. The van der Waals surface area contributed by atoms with Gasteiger partial charge in [-0.15, -0.1) is 0 Å². The average molecular weight is 503 g/mol. The molecule has 0 spiro atoms. The van der Waals surface area contributed by atoms with Crippen molar-refractivity contribution in [2.24, 2.45) is 0 Å². The zero-order chi connectivity index (χ0) is 25.4. The van der Waals surface area contributed by atoms with Crippen LogP contribution >= 0.6 is 0 Å². The van der Waals surface area contributed by atoms with E-state index in [4.69, 9.17) is 4.74 Å². The van der Waals surface area contributed by atoms with Crippen LogP contribution in [0.3, 0.4) is 0 Å². The molecule has 2 heterocycles. The fourth-order valence-corrected chi connectivity index (χ4v) is 4.82. The number of carbonyl (C=O) groups is 3. The van der Waals surface area contributed by atoms with Crippen molar-refractivity contribution < 1.29 is 32.1 Å². The standard InChI is InChI=1S/C23H27N5O6S/c1-16(2)34-23(31)22(30)26-25-21-9-8-18(14-24-21)27-35(32,33)19-10-12-28(13-11-19)15-20(29)17-6-4-3-5-7-17/h3-9,14-16,19H,10-13H2,1-2H3,(H2,26,27,29,30)/p+1. The van der Waals surface area contributed by atoms with Gasteiger partial charge in [0.05, 0.1) is 23.2 Å². The third-order valence-corrected chi connectivity index (χ3v) is 7.00. The van der Waals surface area contributed by atoms with Crippen LogP contribution in [-0.2, 0) is 24.3 Å². The Balaban J connectivity index is 1.50. The van der Waals surface area contributed by atoms with Gasteiger partial charge in [0.25, 0.3) is 0 Å². The van der Waals surface area contributed by atoms with Gasteiger partial charge in [-0.1, -0.05) is 30.3 Å². The number of sulfonamides is 1. The molecule has 1 aliphatic heterocycles. The Hall–Kier alpha value is -3.80. The van der Waals surface area contributed by atoms with Gasteiger partial charge in [0.2, 0.25) is 22.0 Å². The number of hydrogen-bond acceptors (Lipinski definition) is 8. The molecule has 0 unspecified atom stereocenters. The van der Waals surface area contributed by atoms with Crippen molar-refractivity contribution in [3.05, 3.63) is 54.2 Å². The topological polar surface area (TPSA) is 147 Å². The highest BCUT2D eigenvalue weighted by molar-refractivity contribution is 7.93. The number of benzene rings is 1. The molecule has 35 heavy (non-hydrogen) atoms. The second-order valence-corrected chi connectivity index (χ2v) is 10.2. The predicted octanol–water partition coefficient (Wildman–Crippen LogP) is 1.35. The third kappa shape index (κ3) is 7.60. The number of Topliss-reactive ketones (excluding diaryl/α,β-unsaturated/α-hetero) is 1. The van der Waals surface area contributed by atoms with Crippen molar-refractivity contribution in [1.29, 1.82) is 0 Å². The number of piperidine rings is 1. The second kappa shape index (κ2) is 11.6. The number of nitrogens with one attached hydrogen (secondary N) is 3. The van der Waals surface area contributed by atoms with E-state index in [-0.39, 0.29) is 17.3 Å². The first-order valence-electron chi connectivity index (χ1n) is 11.1. The van der Waals surface area contributed by atoms with Crippen LogP contribution in [0.4, 0.5) is 11.5 Å². The number of aromatic nitrogens is 1. The molecule has 3 N–H and O–H groups in total. The van der Waals surface area contributed by atoms with Crippen molar-refractivity contribution in [2.45, 2.75) is 38.0 Å². The Morgan fingerprint density at radius 2 is 1.77 bits per heavy atom. The van der Waals surface area contributed by atoms with Crippen LogP contribution in [0, 0.1) is 0 Å². The highest BCUT2D eigenvalue weighted by Crippen LogP contribution is 2.19. The summed E-state index contributed by atoms with van der Waals surface area (Å²) in [5.41, 5.74) is 5.46. The smallest absolute Gasteiger partial charge is 0.398 e. The van der Waals surface area contributed by atoms with E-state index in [1.165, 1.54) is 24.5 Å². The SMILES string of the molecule is CC(C)OC(=O)C(=O)NNc1ccc(NS(=O)(=O)C2CC[N+](=CC(=O)c3ccccc3)CC2)cn1. The molecule has 0 aliphatic carbocycles. The third-order valence-electron chi connectivity index (χ3n) is 5.13. The fraction of sp³-hybridized carbons (Fsp3) is 0.348. The summed E-state index contributed by atoms with van der Waals surface area (Å²) in [6.07, 6.45) is 3.14. The first-order valence-corrected chi connectivity index (χ1v) is 12.6. The maximum Gasteiger partial charge on any atom is 0.398 e. The molecule has 11 nitrogen and oxygen atoms in total. The Labute approximate surface area is 203 Å². The minimum atomic E-state index is -3.67. The Kier molecular flexibility index (Phi) is 8.53. The van der Waals surface area contributed by atoms with Crippen molar-refractivity contribution in [2.75, 3.05) is 23.2 Å². The monoisotopic (exact) mass is 502 g/mol. The van der Waals surface area contributed by atoms with Crippen molar-refractivity contribution >= 4 is 45.4 Å². The number of carbonyl (C=O) groups excluding carboxylic acids is 3. The van der Waals surface area contributed by atoms with Crippen LogP contribution in [0.1, 0.15) is 37.0 Å². The van der Waals surface area contributed by atoms with Gasteiger partial charge in [0.15, 0.2) is 0 Å². The molecule has 0 saturated carbocycles. The van der Waals surface area contributed by atoms with Crippen LogP contribution in [0.25, 0.3) is 0 Å². The summed E-state index contributed by atoms with van der Waals surface area (Å²) in [6.45, 7) is 4.14. The highest BCUT2D eigenvalue weighted by atomic mass is 32.2. The number of anilines is 2. The largest absolute Gasteiger partial charge is 0.456 e. The van der Waals surface area contributed by atoms with Crippen LogP contribution in [0.5, 0.6) is 0 Å². The number of rotatable bonds is 8. The average Bonchev–Trinajstić information content (AvgIpc) is 2.83. The molecule has 1 amide bonds. The van der Waals surface area contributed by atoms with E-state index in [1.807, 2.05) is 10.6 Å². The maximum atomic E-state index is 12.8. The number of nitrogens with zero attached hydrogens (tertiary/aromatic N) is 2. The summed E-state index contributed by atoms with van der Waals surface area (Å²) in [7, 11) is -3.67. The van der Waals surface area contributed by atoms with E-state index in [0.717, 1.165) is 0 Å². The van der Waals surface area contributed by atoms with Gasteiger partial charge >= 0.3 is 11.9 Å². The lowest BCUT2D eigenvalue weighted by Gasteiger charge is -2.21. The van der Waals surface area contributed by atoms with Crippen molar-refractivity contribution in [1.82, 2.24) is 10.4 Å². The summed E-state index contributed by atoms with van der Waals surface area (Å²) in [6, 6.07) is 11.8. The van der Waals surface area contributed by atoms with E-state index >= 15 is 0 Å². The molecule has 0 bridgehead atoms. The molecule has 0 atom stereocenters. The first-order chi connectivity index (χ1) is 16.6. The molecule has 12 heteroatoms. The van der Waals surface area contributed by atoms with Crippen molar-refractivity contribution in [3.8, 4) is 0 Å². The van der Waals surface area contributed by atoms with Gasteiger partial charge in [0.1, 0.15) is 18.9 Å². The van der Waals surface area contributed by atoms with Crippen LogP contribution < -0.4 is 15.6 Å². The number of amides is 1. The molecule has 186 valence electrons. The molecule has 3 rings (SSSR count). The minimum Gasteiger partial charge on any atom is -0.456 e. The Morgan fingerprint density at radius 1 is 1.09 bits per heavy atom. The highest BCUT2D eigenvalue weighted by Gasteiger charge is 2.32. The van der Waals surface area contributed by atoms with E-state index in [9.17, 15) is 22.8 Å². The number of ketones is 1. The number of pyridine rings is 1. The molecule has 1 aliphatic rings. The molecule has 1 aromatic heterocycles. The Bertz CT molecular complexity index is 1190. The maximum absolute atomic E-state index is 12.8. The summed E-state index contributed by atoms with van der Waals surface area (Å²) in [5.74, 6) is -1.94. The summed E-state index contributed by atoms with van der Waals surface area (Å²) >= 11 is 0. The van der Waals surface area contributed by atoms with E-state index in [1.54, 1.807) is 38.1 Å². The summed E-state index contributed by atoms with van der Waals surface area (Å²) < 4.78 is 34.8. The Morgan fingerprint density at radius 3 is 2.37 bits per heavy atom. The van der Waals surface area contributed by atoms with E-state index in [0.29, 0.717) is 31.5 Å². The van der Waals surface area contributed by atoms with Crippen molar-refractivity contribution in [3.63, 3.8) is 0 Å². The second-order valence-electron chi connectivity index (χ2n) is 8.21. The number of ether oxygens (including phenoxy) is 1. The lowest BCUT2D eigenvalue weighted by Crippen LogP contribution is -2.38. The first kappa shape index (κ1) is 25.8. The van der Waals surface area contributed by atoms with Crippen LogP contribution in [-0.4, -0.2) is 66.3 Å². The molecule has 0 radical (unpaired) electrons. The van der Waals surface area contributed by atoms with Gasteiger partial charge in [-0.2, -0.15) is 0 Å². The minimum absolute atomic E-state index is 0.113. The molecular weight excluding hydrogens is 474 g/mol. The van der Waals surface area contributed by atoms with E-state index < -0.39 is 33.3 Å². The van der Waals surface area contributed by atoms with Gasteiger partial charge in [-0.25, -0.2) is 22.8 Å². The van der Waals surface area contributed by atoms with Crippen LogP contribution in [0.15, 0.2) is 48.7 Å². The van der Waals surface area contributed by atoms with Gasteiger partial charge in [-0.3, -0.25) is 25.2 Å². The van der Waals surface area contributed by atoms with Gasteiger partial charge in [-0.05, 0) is 26.0 Å². The predicted molar refractivity (Wildman–Crippen MR) is 130 cm³/mol. The zero-order valence-electron chi connectivity index (χ0n) is 19.4.